The number of nitrogens with two attached hydrogens (primary N) is 1. The molecule has 4 aliphatic carbocycles. The molecular formula is C36H58N4O6. The normalized spacial score (nSPS) is 43.7. The van der Waals surface area contributed by atoms with E-state index in [2.05, 4.69) is 30.2 Å². The Kier molecular flexibility index (Phi) is 9.44. The molecule has 4 fully saturated rings. The summed E-state index contributed by atoms with van der Waals surface area (Å²) in [5, 5.41) is 47.8. The quantitative estimate of drug-likeness (QED) is 0.119. The van der Waals surface area contributed by atoms with E-state index in [0.29, 0.717) is 51.3 Å². The predicted molar refractivity (Wildman–Crippen MR) is 177 cm³/mol. The molecule has 6 rings (SSSR count). The van der Waals surface area contributed by atoms with Gasteiger partial charge >= 0.3 is 5.97 Å². The standard InChI is InChI=1S/C36H58N4O6/c1-4-5-6-12-33-13-9-26(42)19-29(33)46-28(10-14-33)36(45)21-34-23(2)7-8-24(18-27(34)30(36)31(43)44)35(34)22-40(32(37)38-3)16-11-25(35)20-39-15-17-41/h11,16,23-26,28-29,39,41-42,45H,4-10,12-15,17-22H2,1-3H3,(H2,37,38)(H,43,44). The second kappa shape index (κ2) is 12.8. The number of unbranched alkanes of at least 4 members (excludes halogenated alkanes) is 2. The number of nitrogens with one attached hydrogen (secondary N) is 1. The van der Waals surface area contributed by atoms with Gasteiger partial charge in [-0.15, -0.1) is 0 Å². The van der Waals surface area contributed by atoms with Gasteiger partial charge < -0.3 is 41.1 Å². The van der Waals surface area contributed by atoms with Crippen molar-refractivity contribution < 1.29 is 30.0 Å². The fourth-order valence-electron chi connectivity index (χ4n) is 11.7. The SMILES string of the molecule is CCCCCC12CCC(O)CC1OC(C1(O)CC34C(=C1C(=O)O)CC(CCC3C)C41CN(C(N)=NC)C=CC1CNCCO)CC2. The van der Waals surface area contributed by atoms with Crippen LogP contribution in [0.4, 0.5) is 0 Å². The van der Waals surface area contributed by atoms with Gasteiger partial charge in [0.1, 0.15) is 5.60 Å². The van der Waals surface area contributed by atoms with E-state index in [1.807, 2.05) is 11.1 Å². The van der Waals surface area contributed by atoms with Crippen molar-refractivity contribution in [2.75, 3.05) is 33.3 Å². The molecule has 1 saturated heterocycles. The van der Waals surface area contributed by atoms with Crippen molar-refractivity contribution in [3.63, 3.8) is 0 Å². The van der Waals surface area contributed by atoms with Gasteiger partial charge in [-0.1, -0.05) is 39.2 Å². The van der Waals surface area contributed by atoms with Crippen LogP contribution in [0, 0.1) is 34.0 Å². The van der Waals surface area contributed by atoms with Crippen LogP contribution in [-0.2, 0) is 9.53 Å². The van der Waals surface area contributed by atoms with Gasteiger partial charge in [-0.25, -0.2) is 4.79 Å². The number of allylic oxidation sites excluding steroid dienone is 1. The van der Waals surface area contributed by atoms with Crippen LogP contribution in [0.2, 0.25) is 0 Å². The van der Waals surface area contributed by atoms with Gasteiger partial charge in [0.15, 0.2) is 5.96 Å². The number of fused-ring (bicyclic) bond motifs is 1. The summed E-state index contributed by atoms with van der Waals surface area (Å²) in [6.45, 7) is 6.23. The van der Waals surface area contributed by atoms with Crippen molar-refractivity contribution in [2.24, 2.45) is 44.7 Å². The fraction of sp³-hybridized carbons (Fsp3) is 0.833. The van der Waals surface area contributed by atoms with Gasteiger partial charge in [-0.3, -0.25) is 4.99 Å². The summed E-state index contributed by atoms with van der Waals surface area (Å²) in [6, 6.07) is 0. The first-order valence-electron chi connectivity index (χ1n) is 18.0. The highest BCUT2D eigenvalue weighted by Gasteiger charge is 2.76. The summed E-state index contributed by atoms with van der Waals surface area (Å²) in [4.78, 5) is 19.8. The lowest BCUT2D eigenvalue weighted by Crippen LogP contribution is -2.63. The summed E-state index contributed by atoms with van der Waals surface area (Å²) in [5.74, 6) is -0.192. The number of aliphatic carboxylic acids is 1. The predicted octanol–water partition coefficient (Wildman–Crippen LogP) is 3.56. The zero-order chi connectivity index (χ0) is 32.9. The number of hydrogen-bond donors (Lipinski definition) is 6. The fourth-order valence-corrected chi connectivity index (χ4v) is 11.7. The number of rotatable bonds is 10. The number of aliphatic hydroxyl groups is 3. The molecule has 0 aromatic rings. The van der Waals surface area contributed by atoms with E-state index in [1.54, 1.807) is 7.05 Å². The molecule has 0 aromatic heterocycles. The van der Waals surface area contributed by atoms with Crippen LogP contribution in [0.1, 0.15) is 97.3 Å². The van der Waals surface area contributed by atoms with E-state index in [9.17, 15) is 25.2 Å². The summed E-state index contributed by atoms with van der Waals surface area (Å²) >= 11 is 0. The van der Waals surface area contributed by atoms with Crippen LogP contribution in [0.25, 0.3) is 0 Å². The zero-order valence-electron chi connectivity index (χ0n) is 28.2. The van der Waals surface area contributed by atoms with Crippen molar-refractivity contribution in [2.45, 2.75) is 121 Å². The van der Waals surface area contributed by atoms with E-state index in [4.69, 9.17) is 10.5 Å². The van der Waals surface area contributed by atoms with Crippen LogP contribution < -0.4 is 11.1 Å². The van der Waals surface area contributed by atoms with Crippen molar-refractivity contribution in [1.29, 1.82) is 0 Å². The number of carbonyl (C=O) groups is 1. The molecule has 258 valence electrons. The van der Waals surface area contributed by atoms with Crippen LogP contribution in [0.15, 0.2) is 28.4 Å². The third kappa shape index (κ3) is 4.99. The Balaban J connectivity index is 1.42. The second-order valence-electron chi connectivity index (χ2n) is 15.6. The molecule has 3 saturated carbocycles. The van der Waals surface area contributed by atoms with Crippen molar-refractivity contribution in [3.8, 4) is 0 Å². The Morgan fingerprint density at radius 3 is 2.70 bits per heavy atom. The molecule has 0 amide bonds. The maximum Gasteiger partial charge on any atom is 0.334 e. The van der Waals surface area contributed by atoms with E-state index in [0.717, 1.165) is 63.4 Å². The summed E-state index contributed by atoms with van der Waals surface area (Å²) in [5.41, 5.74) is 4.91. The monoisotopic (exact) mass is 642 g/mol. The number of carboxylic acids is 1. The van der Waals surface area contributed by atoms with E-state index < -0.39 is 34.6 Å². The average molecular weight is 643 g/mol. The third-order valence-electron chi connectivity index (χ3n) is 13.8. The third-order valence-corrected chi connectivity index (χ3v) is 13.8. The highest BCUT2D eigenvalue weighted by molar-refractivity contribution is 5.92. The summed E-state index contributed by atoms with van der Waals surface area (Å²) in [6.07, 6.45) is 14.1. The first kappa shape index (κ1) is 33.9. The Labute approximate surface area is 274 Å². The summed E-state index contributed by atoms with van der Waals surface area (Å²) < 4.78 is 6.94. The number of ether oxygens (including phenoxy) is 1. The highest BCUT2D eigenvalue weighted by atomic mass is 16.5. The smallest absolute Gasteiger partial charge is 0.334 e. The van der Waals surface area contributed by atoms with E-state index in [-0.39, 0.29) is 41.5 Å². The van der Waals surface area contributed by atoms with Gasteiger partial charge in [0.05, 0.1) is 30.5 Å². The molecule has 0 aromatic carbocycles. The molecule has 2 heterocycles. The van der Waals surface area contributed by atoms with Crippen molar-refractivity contribution in [1.82, 2.24) is 10.2 Å². The molecular weight excluding hydrogens is 584 g/mol. The number of carboxylic acid groups (broad SMARTS) is 1. The van der Waals surface area contributed by atoms with Gasteiger partial charge in [0, 0.05) is 50.1 Å². The maximum atomic E-state index is 13.4. The number of guanidine groups is 1. The molecule has 6 aliphatic rings. The van der Waals surface area contributed by atoms with E-state index in [1.165, 1.54) is 0 Å². The lowest BCUT2D eigenvalue weighted by atomic mass is 9.45. The Bertz CT molecular complexity index is 1250. The van der Waals surface area contributed by atoms with Crippen molar-refractivity contribution in [3.05, 3.63) is 23.4 Å². The lowest BCUT2D eigenvalue weighted by Gasteiger charge is -2.61. The minimum atomic E-state index is -1.64. The first-order valence-corrected chi connectivity index (χ1v) is 18.0. The Morgan fingerprint density at radius 2 is 1.98 bits per heavy atom. The van der Waals surface area contributed by atoms with Gasteiger partial charge in [0.2, 0.25) is 0 Å². The second-order valence-corrected chi connectivity index (χ2v) is 15.6. The van der Waals surface area contributed by atoms with Crippen LogP contribution in [0.5, 0.6) is 0 Å². The van der Waals surface area contributed by atoms with E-state index >= 15 is 0 Å². The van der Waals surface area contributed by atoms with Crippen molar-refractivity contribution >= 4 is 11.9 Å². The Hall–Kier alpha value is -1.98. The number of hydrogen-bond acceptors (Lipinski definition) is 7. The minimum Gasteiger partial charge on any atom is -0.478 e. The van der Waals surface area contributed by atoms with Gasteiger partial charge in [0.25, 0.3) is 0 Å². The van der Waals surface area contributed by atoms with Gasteiger partial charge in [-0.05, 0) is 86.5 Å². The molecule has 46 heavy (non-hydrogen) atoms. The van der Waals surface area contributed by atoms with Crippen LogP contribution >= 0.6 is 0 Å². The van der Waals surface area contributed by atoms with Gasteiger partial charge in [-0.2, -0.15) is 0 Å². The zero-order valence-corrected chi connectivity index (χ0v) is 28.2. The molecule has 2 aliphatic heterocycles. The van der Waals surface area contributed by atoms with Crippen LogP contribution in [-0.4, -0.2) is 94.5 Å². The molecule has 2 spiro atoms. The summed E-state index contributed by atoms with van der Waals surface area (Å²) in [7, 11) is 1.69. The molecule has 7 N–H and O–H groups in total. The maximum absolute atomic E-state index is 13.4. The number of aliphatic hydroxyl groups excluding tert-OH is 2. The molecule has 10 atom stereocenters. The molecule has 10 heteroatoms. The number of nitrogens with zero attached hydrogens (tertiary/aromatic N) is 2. The largest absolute Gasteiger partial charge is 0.478 e. The molecule has 10 unspecified atom stereocenters. The molecule has 0 radical (unpaired) electrons. The highest BCUT2D eigenvalue weighted by Crippen LogP contribution is 2.77. The topological polar surface area (TPSA) is 161 Å². The lowest BCUT2D eigenvalue weighted by molar-refractivity contribution is -0.221. The van der Waals surface area contributed by atoms with Crippen LogP contribution in [0.3, 0.4) is 0 Å². The Morgan fingerprint density at radius 1 is 1.20 bits per heavy atom. The molecule has 10 nitrogen and oxygen atoms in total. The molecule has 2 bridgehead atoms. The average Bonchev–Trinajstić information content (AvgIpc) is 3.39. The number of aliphatic imine (C=N–C) groups is 1. The minimum absolute atomic E-state index is 0.0237. The first-order chi connectivity index (χ1) is 22.0.